The first-order chi connectivity index (χ1) is 21.0. The van der Waals surface area contributed by atoms with Crippen molar-refractivity contribution in [1.29, 1.82) is 0 Å². The molecule has 0 spiro atoms. The lowest BCUT2D eigenvalue weighted by Gasteiger charge is -2.21. The molecular formula is C32H25F2N3O6S. The van der Waals surface area contributed by atoms with Gasteiger partial charge in [-0.05, 0) is 60.2 Å². The molecule has 0 saturated carbocycles. The summed E-state index contributed by atoms with van der Waals surface area (Å²) in [5.74, 6) is -0.934. The number of hydrogen-bond donors (Lipinski definition) is 1. The van der Waals surface area contributed by atoms with Gasteiger partial charge in [0.1, 0.15) is 28.7 Å². The molecule has 1 N–H and O–H groups in total. The Morgan fingerprint density at radius 2 is 1.66 bits per heavy atom. The molecule has 0 unspecified atom stereocenters. The summed E-state index contributed by atoms with van der Waals surface area (Å²) < 4.78 is 72.8. The van der Waals surface area contributed by atoms with Gasteiger partial charge in [-0.15, -0.1) is 0 Å². The van der Waals surface area contributed by atoms with Crippen molar-refractivity contribution >= 4 is 43.7 Å². The highest BCUT2D eigenvalue weighted by molar-refractivity contribution is 7.92. The van der Waals surface area contributed by atoms with Crippen LogP contribution in [0.3, 0.4) is 0 Å². The van der Waals surface area contributed by atoms with Gasteiger partial charge in [-0.3, -0.25) is 9.10 Å². The number of ether oxygens (including phenoxy) is 1. The van der Waals surface area contributed by atoms with E-state index in [1.54, 1.807) is 24.3 Å². The number of methoxy groups -OCH3 is 1. The summed E-state index contributed by atoms with van der Waals surface area (Å²) in [4.78, 5) is 17.6. The number of amides is 1. The van der Waals surface area contributed by atoms with Crippen LogP contribution in [0.5, 0.6) is 5.75 Å². The average molecular weight is 618 g/mol. The third kappa shape index (κ3) is 4.92. The lowest BCUT2D eigenvalue weighted by Crippen LogP contribution is -2.25. The van der Waals surface area contributed by atoms with Crippen LogP contribution >= 0.6 is 0 Å². The molecule has 0 bridgehead atoms. The number of nitrogens with one attached hydrogen (secondary N) is 1. The summed E-state index contributed by atoms with van der Waals surface area (Å²) in [7, 11) is 0.549. The van der Waals surface area contributed by atoms with Gasteiger partial charge in [0.2, 0.25) is 15.9 Å². The van der Waals surface area contributed by atoms with Crippen LogP contribution in [0.25, 0.3) is 56.0 Å². The van der Waals surface area contributed by atoms with Gasteiger partial charge in [-0.25, -0.2) is 22.2 Å². The molecule has 4 aromatic carbocycles. The zero-order valence-corrected chi connectivity index (χ0v) is 24.8. The highest BCUT2D eigenvalue weighted by Crippen LogP contribution is 2.42. The van der Waals surface area contributed by atoms with Gasteiger partial charge in [0.05, 0.1) is 30.2 Å². The van der Waals surface area contributed by atoms with Gasteiger partial charge < -0.3 is 18.9 Å². The number of nitrogens with zero attached hydrogens (tertiary/aromatic N) is 2. The third-order valence-electron chi connectivity index (χ3n) is 7.31. The van der Waals surface area contributed by atoms with Crippen molar-refractivity contribution in [2.24, 2.45) is 0 Å². The molecular weight excluding hydrogens is 592 g/mol. The molecule has 12 heteroatoms. The van der Waals surface area contributed by atoms with Crippen LogP contribution in [0.1, 0.15) is 10.4 Å². The maximum atomic E-state index is 15.3. The van der Waals surface area contributed by atoms with E-state index in [4.69, 9.17) is 13.6 Å². The molecule has 44 heavy (non-hydrogen) atoms. The molecule has 2 heterocycles. The van der Waals surface area contributed by atoms with Crippen LogP contribution in [0, 0.1) is 11.6 Å². The first-order valence-corrected chi connectivity index (χ1v) is 15.1. The number of fused-ring (bicyclic) bond motifs is 2. The number of oxazole rings is 1. The number of halogens is 2. The summed E-state index contributed by atoms with van der Waals surface area (Å²) in [6.45, 7) is 0. The first-order valence-electron chi connectivity index (χ1n) is 13.3. The Bertz CT molecular complexity index is 2190. The smallest absolute Gasteiger partial charge is 0.255 e. The minimum Gasteiger partial charge on any atom is -0.494 e. The van der Waals surface area contributed by atoms with Crippen LogP contribution in [-0.2, 0) is 10.0 Å². The van der Waals surface area contributed by atoms with Gasteiger partial charge in [0.15, 0.2) is 11.1 Å². The minimum absolute atomic E-state index is 0.00379. The number of furan rings is 1. The second kappa shape index (κ2) is 10.8. The van der Waals surface area contributed by atoms with Crippen molar-refractivity contribution in [1.82, 2.24) is 10.3 Å². The number of aromatic nitrogens is 1. The normalized spacial score (nSPS) is 11.7. The topological polar surface area (TPSA) is 115 Å². The molecule has 2 aromatic heterocycles. The molecule has 0 fully saturated rings. The van der Waals surface area contributed by atoms with Crippen LogP contribution in [-0.4, -0.2) is 46.8 Å². The summed E-state index contributed by atoms with van der Waals surface area (Å²) in [6.07, 6.45) is 1.05. The average Bonchev–Trinajstić information content (AvgIpc) is 3.61. The van der Waals surface area contributed by atoms with Crippen LogP contribution < -0.4 is 14.4 Å². The van der Waals surface area contributed by atoms with Crippen molar-refractivity contribution in [2.75, 3.05) is 31.8 Å². The van der Waals surface area contributed by atoms with E-state index in [2.05, 4.69) is 10.3 Å². The molecule has 0 aliphatic heterocycles. The Morgan fingerprint density at radius 1 is 0.932 bits per heavy atom. The largest absolute Gasteiger partial charge is 0.494 e. The Morgan fingerprint density at radius 3 is 2.34 bits per heavy atom. The molecule has 0 saturated heterocycles. The molecule has 6 rings (SSSR count). The van der Waals surface area contributed by atoms with Crippen molar-refractivity contribution in [3.05, 3.63) is 90.0 Å². The maximum Gasteiger partial charge on any atom is 0.255 e. The molecule has 9 nitrogen and oxygen atoms in total. The number of rotatable bonds is 7. The lowest BCUT2D eigenvalue weighted by molar-refractivity contribution is 0.0964. The number of carbonyl (C=O) groups excluding carboxylic acids is 1. The van der Waals surface area contributed by atoms with Gasteiger partial charge in [0, 0.05) is 36.7 Å². The second-order valence-electron chi connectivity index (χ2n) is 10.0. The summed E-state index contributed by atoms with van der Waals surface area (Å²) in [6, 6.07) is 17.9. The number of sulfonamides is 1. The first kappa shape index (κ1) is 28.9. The van der Waals surface area contributed by atoms with E-state index in [0.717, 1.165) is 10.6 Å². The highest BCUT2D eigenvalue weighted by Gasteiger charge is 2.26. The van der Waals surface area contributed by atoms with E-state index in [-0.39, 0.29) is 34.0 Å². The second-order valence-corrected chi connectivity index (χ2v) is 12.0. The Hall–Kier alpha value is -5.23. The Labute approximate surface area is 250 Å². The van der Waals surface area contributed by atoms with Crippen LogP contribution in [0.4, 0.5) is 14.5 Å². The van der Waals surface area contributed by atoms with E-state index in [1.165, 1.54) is 69.7 Å². The van der Waals surface area contributed by atoms with Gasteiger partial charge >= 0.3 is 0 Å². The van der Waals surface area contributed by atoms with E-state index < -0.39 is 27.6 Å². The Balaban J connectivity index is 1.62. The summed E-state index contributed by atoms with van der Waals surface area (Å²) in [5.41, 5.74) is 2.63. The van der Waals surface area contributed by atoms with Crippen LogP contribution in [0.2, 0.25) is 0 Å². The fourth-order valence-corrected chi connectivity index (χ4v) is 5.53. The predicted molar refractivity (Wildman–Crippen MR) is 163 cm³/mol. The van der Waals surface area contributed by atoms with E-state index >= 15 is 4.39 Å². The quantitative estimate of drug-likeness (QED) is 0.214. The maximum absolute atomic E-state index is 15.3. The van der Waals surface area contributed by atoms with Gasteiger partial charge in [-0.1, -0.05) is 12.1 Å². The zero-order chi connectivity index (χ0) is 31.3. The number of carbonyl (C=O) groups is 1. The standard InChI is InChI=1S/C32H25F2N3O6S/c1-35-31(38)28-22-15-20(18-10-13-23(34)21(14-18)32-36-29-25(41-3)6-5-7-26(29)43-32)24(37(2)44(4,39)40)16-27(22)42-30(28)17-8-11-19(33)12-9-17/h5-16H,1-4H3,(H,35,38). The molecule has 0 atom stereocenters. The van der Waals surface area contributed by atoms with E-state index in [0.29, 0.717) is 38.9 Å². The molecule has 0 aliphatic carbocycles. The van der Waals surface area contributed by atoms with Gasteiger partial charge in [0.25, 0.3) is 5.91 Å². The Kier molecular flexibility index (Phi) is 7.08. The molecule has 0 radical (unpaired) electrons. The number of hydrogen-bond acceptors (Lipinski definition) is 7. The molecule has 224 valence electrons. The number of benzene rings is 4. The number of para-hydroxylation sites is 1. The lowest BCUT2D eigenvalue weighted by atomic mass is 9.97. The van der Waals surface area contributed by atoms with Crippen molar-refractivity contribution in [3.63, 3.8) is 0 Å². The zero-order valence-electron chi connectivity index (χ0n) is 23.9. The van der Waals surface area contributed by atoms with Gasteiger partial charge in [-0.2, -0.15) is 0 Å². The van der Waals surface area contributed by atoms with Crippen molar-refractivity contribution in [3.8, 4) is 39.7 Å². The molecule has 0 aliphatic rings. The SMILES string of the molecule is CNC(=O)c1c(-c2ccc(F)cc2)oc2cc(N(C)S(C)(=O)=O)c(-c3ccc(F)c(-c4nc5c(OC)cccc5o4)c3)cc12. The monoisotopic (exact) mass is 617 g/mol. The summed E-state index contributed by atoms with van der Waals surface area (Å²) >= 11 is 0. The van der Waals surface area contributed by atoms with Crippen molar-refractivity contribution < 1.29 is 35.6 Å². The predicted octanol–water partition coefficient (Wildman–Crippen LogP) is 6.62. The highest BCUT2D eigenvalue weighted by atomic mass is 32.2. The third-order valence-corrected chi connectivity index (χ3v) is 8.50. The van der Waals surface area contributed by atoms with E-state index in [1.807, 2.05) is 0 Å². The van der Waals surface area contributed by atoms with Crippen LogP contribution in [0.15, 0.2) is 81.6 Å². The minimum atomic E-state index is -3.78. The number of anilines is 1. The fourth-order valence-electron chi connectivity index (χ4n) is 5.02. The molecule has 1 amide bonds. The molecule has 6 aromatic rings. The van der Waals surface area contributed by atoms with E-state index in [9.17, 15) is 17.6 Å². The summed E-state index contributed by atoms with van der Waals surface area (Å²) in [5, 5.41) is 2.97. The fraction of sp³-hybridized carbons (Fsp3) is 0.125. The van der Waals surface area contributed by atoms with Crippen molar-refractivity contribution in [2.45, 2.75) is 0 Å².